The molecule has 1 aliphatic heterocycles. The summed E-state index contributed by atoms with van der Waals surface area (Å²) in [6.45, 7) is 3.67. The van der Waals surface area contributed by atoms with Crippen molar-refractivity contribution < 1.29 is 13.5 Å². The van der Waals surface area contributed by atoms with Crippen LogP contribution in [0, 0.1) is 11.6 Å². The smallest absolute Gasteiger partial charge is 0.202 e. The highest BCUT2D eigenvalue weighted by molar-refractivity contribution is 5.52. The Kier molecular flexibility index (Phi) is 3.27. The molecule has 0 amide bonds. The Morgan fingerprint density at radius 3 is 2.50 bits per heavy atom. The minimum atomic E-state index is -0.883. The molecule has 0 N–H and O–H groups in total. The number of anilines is 1. The lowest BCUT2D eigenvalue weighted by Gasteiger charge is -2.19. The second-order valence-corrected chi connectivity index (χ2v) is 3.84. The number of halogens is 2. The molecule has 0 bridgehead atoms. The first-order chi connectivity index (χ1) is 7.74. The van der Waals surface area contributed by atoms with Crippen molar-refractivity contribution in [2.45, 2.75) is 19.8 Å². The van der Waals surface area contributed by atoms with Gasteiger partial charge in [0.25, 0.3) is 0 Å². The highest BCUT2D eigenvalue weighted by Gasteiger charge is 2.20. The van der Waals surface area contributed by atoms with Gasteiger partial charge in [-0.05, 0) is 31.9 Å². The van der Waals surface area contributed by atoms with E-state index in [9.17, 15) is 8.78 Å². The van der Waals surface area contributed by atoms with Crippen LogP contribution < -0.4 is 9.64 Å². The monoisotopic (exact) mass is 227 g/mol. The molecular formula is C12H15F2NO. The molecule has 0 aromatic heterocycles. The Hall–Kier alpha value is -1.32. The van der Waals surface area contributed by atoms with Crippen LogP contribution in [0.15, 0.2) is 12.1 Å². The molecule has 2 nitrogen and oxygen atoms in total. The number of hydrogen-bond donors (Lipinski definition) is 0. The van der Waals surface area contributed by atoms with Gasteiger partial charge >= 0.3 is 0 Å². The van der Waals surface area contributed by atoms with Gasteiger partial charge in [-0.3, -0.25) is 0 Å². The molecule has 1 fully saturated rings. The van der Waals surface area contributed by atoms with Gasteiger partial charge in [0.05, 0.1) is 12.3 Å². The maximum Gasteiger partial charge on any atom is 0.202 e. The largest absolute Gasteiger partial charge is 0.491 e. The second-order valence-electron chi connectivity index (χ2n) is 3.84. The number of ether oxygens (including phenoxy) is 1. The number of nitrogens with zero attached hydrogens (tertiary/aromatic N) is 1. The highest BCUT2D eigenvalue weighted by Crippen LogP contribution is 2.30. The fourth-order valence-electron chi connectivity index (χ4n) is 1.99. The second kappa shape index (κ2) is 4.68. The molecule has 0 saturated carbocycles. The topological polar surface area (TPSA) is 12.5 Å². The fourth-order valence-corrected chi connectivity index (χ4v) is 1.99. The van der Waals surface area contributed by atoms with Gasteiger partial charge < -0.3 is 9.64 Å². The summed E-state index contributed by atoms with van der Waals surface area (Å²) in [4.78, 5) is 1.87. The van der Waals surface area contributed by atoms with Gasteiger partial charge in [0.15, 0.2) is 11.6 Å². The van der Waals surface area contributed by atoms with Crippen molar-refractivity contribution in [2.24, 2.45) is 0 Å². The molecule has 0 spiro atoms. The maximum absolute atomic E-state index is 13.7. The summed E-state index contributed by atoms with van der Waals surface area (Å²) < 4.78 is 32.3. The molecule has 0 unspecified atom stereocenters. The zero-order valence-electron chi connectivity index (χ0n) is 9.30. The van der Waals surface area contributed by atoms with Crippen LogP contribution in [-0.4, -0.2) is 19.7 Å². The molecule has 16 heavy (non-hydrogen) atoms. The van der Waals surface area contributed by atoms with Gasteiger partial charge in [0.2, 0.25) is 5.82 Å². The van der Waals surface area contributed by atoms with Crippen LogP contribution in [0.1, 0.15) is 19.8 Å². The first kappa shape index (κ1) is 11.2. The Morgan fingerprint density at radius 1 is 1.19 bits per heavy atom. The highest BCUT2D eigenvalue weighted by atomic mass is 19.2. The van der Waals surface area contributed by atoms with E-state index in [1.165, 1.54) is 6.07 Å². The van der Waals surface area contributed by atoms with E-state index in [-0.39, 0.29) is 5.75 Å². The van der Waals surface area contributed by atoms with Crippen molar-refractivity contribution in [3.05, 3.63) is 23.8 Å². The van der Waals surface area contributed by atoms with Gasteiger partial charge in [-0.2, -0.15) is 4.39 Å². The van der Waals surface area contributed by atoms with Crippen molar-refractivity contribution in [1.29, 1.82) is 0 Å². The fraction of sp³-hybridized carbons (Fsp3) is 0.500. The Labute approximate surface area is 93.8 Å². The van der Waals surface area contributed by atoms with Crippen LogP contribution in [0.25, 0.3) is 0 Å². The number of benzene rings is 1. The summed E-state index contributed by atoms with van der Waals surface area (Å²) in [6.07, 6.45) is 2.07. The van der Waals surface area contributed by atoms with Crippen LogP contribution in [-0.2, 0) is 0 Å². The Bertz CT molecular complexity index is 376. The lowest BCUT2D eigenvalue weighted by atomic mass is 10.2. The van der Waals surface area contributed by atoms with Crippen LogP contribution >= 0.6 is 0 Å². The molecular weight excluding hydrogens is 212 g/mol. The molecule has 0 atom stereocenters. The summed E-state index contributed by atoms with van der Waals surface area (Å²) in [5, 5.41) is 0. The zero-order valence-corrected chi connectivity index (χ0v) is 9.30. The molecule has 0 radical (unpaired) electrons. The minimum absolute atomic E-state index is 0.0112. The van der Waals surface area contributed by atoms with Gasteiger partial charge in [-0.15, -0.1) is 0 Å². The van der Waals surface area contributed by atoms with Crippen LogP contribution in [0.2, 0.25) is 0 Å². The number of hydrogen-bond acceptors (Lipinski definition) is 2. The Balaban J connectivity index is 2.30. The first-order valence-electron chi connectivity index (χ1n) is 5.59. The molecule has 1 aromatic rings. The molecule has 1 saturated heterocycles. The predicted octanol–water partition coefficient (Wildman–Crippen LogP) is 2.96. The zero-order chi connectivity index (χ0) is 11.5. The van der Waals surface area contributed by atoms with Crippen LogP contribution in [0.4, 0.5) is 14.5 Å². The minimum Gasteiger partial charge on any atom is -0.491 e. The SMILES string of the molecule is CCOc1ccc(N2CCCC2)c(F)c1F. The van der Waals surface area contributed by atoms with Crippen molar-refractivity contribution in [3.8, 4) is 5.75 Å². The third kappa shape index (κ3) is 1.96. The molecule has 2 rings (SSSR count). The van der Waals surface area contributed by atoms with Gasteiger partial charge in [0.1, 0.15) is 0 Å². The van der Waals surface area contributed by atoms with Crippen LogP contribution in [0.5, 0.6) is 5.75 Å². The van der Waals surface area contributed by atoms with E-state index in [0.717, 1.165) is 25.9 Å². The third-order valence-electron chi connectivity index (χ3n) is 2.77. The van der Waals surface area contributed by atoms with Crippen molar-refractivity contribution >= 4 is 5.69 Å². The molecule has 1 aliphatic rings. The van der Waals surface area contributed by atoms with Crippen molar-refractivity contribution in [1.82, 2.24) is 0 Å². The summed E-state index contributed by atoms with van der Waals surface area (Å²) in [5.41, 5.74) is 0.346. The van der Waals surface area contributed by atoms with Gasteiger partial charge in [0, 0.05) is 13.1 Å². The van der Waals surface area contributed by atoms with Crippen molar-refractivity contribution in [3.63, 3.8) is 0 Å². The quantitative estimate of drug-likeness (QED) is 0.787. The average Bonchev–Trinajstić information content (AvgIpc) is 2.79. The summed E-state index contributed by atoms with van der Waals surface area (Å²) in [7, 11) is 0. The van der Waals surface area contributed by atoms with E-state index in [1.54, 1.807) is 13.0 Å². The van der Waals surface area contributed by atoms with E-state index in [1.807, 2.05) is 4.90 Å². The van der Waals surface area contributed by atoms with Gasteiger partial charge in [-0.25, -0.2) is 4.39 Å². The normalized spacial score (nSPS) is 15.6. The molecule has 1 heterocycles. The predicted molar refractivity (Wildman–Crippen MR) is 59.0 cm³/mol. The van der Waals surface area contributed by atoms with E-state index < -0.39 is 11.6 Å². The summed E-state index contributed by atoms with van der Waals surface area (Å²) in [6, 6.07) is 3.09. The molecule has 1 aromatic carbocycles. The van der Waals surface area contributed by atoms with E-state index >= 15 is 0 Å². The van der Waals surface area contributed by atoms with Gasteiger partial charge in [-0.1, -0.05) is 0 Å². The molecule has 4 heteroatoms. The first-order valence-corrected chi connectivity index (χ1v) is 5.59. The standard InChI is InChI=1S/C12H15F2NO/c1-2-16-10-6-5-9(11(13)12(10)14)15-7-3-4-8-15/h5-6H,2-4,7-8H2,1H3. The average molecular weight is 227 g/mol. The lowest BCUT2D eigenvalue weighted by Crippen LogP contribution is -2.19. The summed E-state index contributed by atoms with van der Waals surface area (Å²) >= 11 is 0. The third-order valence-corrected chi connectivity index (χ3v) is 2.77. The van der Waals surface area contributed by atoms with E-state index in [0.29, 0.717) is 12.3 Å². The van der Waals surface area contributed by atoms with E-state index in [4.69, 9.17) is 4.74 Å². The lowest BCUT2D eigenvalue weighted by molar-refractivity contribution is 0.314. The van der Waals surface area contributed by atoms with Crippen molar-refractivity contribution in [2.75, 3.05) is 24.6 Å². The van der Waals surface area contributed by atoms with E-state index in [2.05, 4.69) is 0 Å². The van der Waals surface area contributed by atoms with Crippen LogP contribution in [0.3, 0.4) is 0 Å². The maximum atomic E-state index is 13.7. The molecule has 0 aliphatic carbocycles. The Morgan fingerprint density at radius 2 is 1.88 bits per heavy atom. The molecule has 88 valence electrons. The number of rotatable bonds is 3. The summed E-state index contributed by atoms with van der Waals surface area (Å²) in [5.74, 6) is -1.69.